The number of allylic oxidation sites excluding steroid dienone is 1. The SMILES string of the molecule is CC[C@H](CC[C@@H](C)[C@H]1CC[C@H]2[C@@H]3CC=C4C[C@@H](OC(=O)CN(CCCCN(CCCNC(=O)OC(C)(C)C)C(=O)OC(C)(C)C)CCCNC(=O)OC(C)(C)C)CC[C@]4(C)[C@H]3CC[C@]12C)C(C)C. The molecular weight excluding hydrogens is 857 g/mol. The molecule has 3 saturated carbocycles. The van der Waals surface area contributed by atoms with Crippen molar-refractivity contribution in [3.8, 4) is 0 Å². The van der Waals surface area contributed by atoms with Gasteiger partial charge in [0.1, 0.15) is 22.9 Å². The van der Waals surface area contributed by atoms with Crippen molar-refractivity contribution in [3.63, 3.8) is 0 Å². The highest BCUT2D eigenvalue weighted by atomic mass is 16.6. The van der Waals surface area contributed by atoms with Gasteiger partial charge in [0.2, 0.25) is 0 Å². The van der Waals surface area contributed by atoms with Crippen LogP contribution in [0, 0.1) is 52.3 Å². The number of esters is 1. The molecule has 2 N–H and O–H groups in total. The van der Waals surface area contributed by atoms with Gasteiger partial charge in [-0.1, -0.05) is 66.0 Å². The monoisotopic (exact) mass is 957 g/mol. The standard InChI is InChI=1S/C56H100N4O8/c1-16-41(39(2)3)22-21-40(4)45-25-26-46-44-24-23-42-37-43(27-29-55(42,14)47(44)28-30-56(45,46)15)65-48(61)38-59(34-19-31-57-49(62)66-52(5,6)7)33-17-18-35-60(51(64)68-54(11,12)13)36-20-32-58-50(63)67-53(8,9)10/h23,39-41,43-47H,16-22,24-38H2,1-15H3,(H,57,62)(H,58,63)/t40-,41-,43+,44+,45-,46+,47+,55+,56-/m1/s1. The molecule has 3 amide bonds. The minimum absolute atomic E-state index is 0.121. The zero-order valence-corrected chi connectivity index (χ0v) is 45.9. The van der Waals surface area contributed by atoms with Gasteiger partial charge in [0, 0.05) is 39.1 Å². The summed E-state index contributed by atoms with van der Waals surface area (Å²) in [5.41, 5.74) is 0.318. The summed E-state index contributed by atoms with van der Waals surface area (Å²) < 4.78 is 22.9. The summed E-state index contributed by atoms with van der Waals surface area (Å²) in [4.78, 5) is 55.4. The van der Waals surface area contributed by atoms with E-state index < -0.39 is 35.1 Å². The molecule has 0 saturated heterocycles. The second-order valence-corrected chi connectivity index (χ2v) is 25.3. The van der Waals surface area contributed by atoms with Crippen LogP contribution in [-0.2, 0) is 23.7 Å². The zero-order chi connectivity index (χ0) is 50.7. The van der Waals surface area contributed by atoms with Crippen molar-refractivity contribution in [2.75, 3.05) is 45.8 Å². The van der Waals surface area contributed by atoms with Crippen LogP contribution >= 0.6 is 0 Å². The Labute approximate surface area is 414 Å². The number of rotatable bonds is 22. The van der Waals surface area contributed by atoms with Gasteiger partial charge < -0.3 is 34.5 Å². The lowest BCUT2D eigenvalue weighted by Crippen LogP contribution is -2.51. The lowest BCUT2D eigenvalue weighted by atomic mass is 9.47. The van der Waals surface area contributed by atoms with E-state index in [1.165, 1.54) is 56.9 Å². The molecule has 0 aliphatic heterocycles. The third-order valence-corrected chi connectivity index (χ3v) is 16.3. The van der Waals surface area contributed by atoms with Gasteiger partial charge in [0.05, 0.1) is 6.54 Å². The first kappa shape index (κ1) is 57.6. The number of nitrogens with zero attached hydrogens (tertiary/aromatic N) is 2. The van der Waals surface area contributed by atoms with E-state index in [4.69, 9.17) is 18.9 Å². The molecule has 0 unspecified atom stereocenters. The number of hydrogen-bond acceptors (Lipinski definition) is 9. The molecule has 4 aliphatic rings. The maximum absolute atomic E-state index is 13.8. The molecule has 0 aromatic rings. The molecule has 392 valence electrons. The number of carbonyl (C=O) groups is 4. The third kappa shape index (κ3) is 17.4. The molecule has 0 aromatic carbocycles. The molecule has 0 aromatic heterocycles. The molecule has 0 radical (unpaired) electrons. The van der Waals surface area contributed by atoms with Crippen molar-refractivity contribution < 1.29 is 38.1 Å². The molecule has 4 aliphatic carbocycles. The number of amides is 3. The lowest BCUT2D eigenvalue weighted by molar-refractivity contribution is -0.153. The highest BCUT2D eigenvalue weighted by Gasteiger charge is 2.59. The van der Waals surface area contributed by atoms with Crippen LogP contribution in [0.25, 0.3) is 0 Å². The van der Waals surface area contributed by atoms with Gasteiger partial charge in [-0.05, 0) is 198 Å². The zero-order valence-electron chi connectivity index (χ0n) is 45.9. The van der Waals surface area contributed by atoms with Crippen LogP contribution in [-0.4, -0.2) is 103 Å². The Morgan fingerprint density at radius 3 is 1.88 bits per heavy atom. The van der Waals surface area contributed by atoms with Crippen LogP contribution in [0.1, 0.15) is 200 Å². The summed E-state index contributed by atoms with van der Waals surface area (Å²) in [5.74, 6) is 5.31. The van der Waals surface area contributed by atoms with E-state index in [9.17, 15) is 19.2 Å². The number of ether oxygens (including phenoxy) is 4. The van der Waals surface area contributed by atoms with Crippen LogP contribution in [0.3, 0.4) is 0 Å². The summed E-state index contributed by atoms with van der Waals surface area (Å²) in [6, 6.07) is 0. The van der Waals surface area contributed by atoms with E-state index >= 15 is 0 Å². The summed E-state index contributed by atoms with van der Waals surface area (Å²) >= 11 is 0. The van der Waals surface area contributed by atoms with Gasteiger partial charge in [0.25, 0.3) is 0 Å². The number of unbranched alkanes of at least 4 members (excludes halogenated alkanes) is 1. The molecule has 9 atom stereocenters. The topological polar surface area (TPSA) is 136 Å². The molecule has 0 heterocycles. The maximum atomic E-state index is 13.8. The Morgan fingerprint density at radius 1 is 0.721 bits per heavy atom. The Kier molecular flexibility index (Phi) is 21.1. The van der Waals surface area contributed by atoms with E-state index in [0.29, 0.717) is 69.9 Å². The Bertz CT molecular complexity index is 1660. The molecule has 68 heavy (non-hydrogen) atoms. The van der Waals surface area contributed by atoms with E-state index in [0.717, 1.165) is 61.2 Å². The molecule has 0 bridgehead atoms. The summed E-state index contributed by atoms with van der Waals surface area (Å²) in [6.07, 6.45) is 17.2. The largest absolute Gasteiger partial charge is 0.461 e. The van der Waals surface area contributed by atoms with Gasteiger partial charge in [-0.25, -0.2) is 14.4 Å². The average molecular weight is 957 g/mol. The summed E-state index contributed by atoms with van der Waals surface area (Å²) in [5, 5.41) is 5.63. The van der Waals surface area contributed by atoms with Crippen LogP contribution in [0.5, 0.6) is 0 Å². The molecular formula is C56H100N4O8. The minimum Gasteiger partial charge on any atom is -0.461 e. The molecule has 4 rings (SSSR count). The summed E-state index contributed by atoms with van der Waals surface area (Å²) in [6.45, 7) is 34.5. The van der Waals surface area contributed by atoms with Crippen molar-refractivity contribution in [2.24, 2.45) is 52.3 Å². The molecule has 12 nitrogen and oxygen atoms in total. The first-order valence-electron chi connectivity index (χ1n) is 27.2. The first-order valence-corrected chi connectivity index (χ1v) is 27.2. The van der Waals surface area contributed by atoms with E-state index in [1.54, 1.807) is 4.90 Å². The van der Waals surface area contributed by atoms with Gasteiger partial charge in [-0.15, -0.1) is 0 Å². The van der Waals surface area contributed by atoms with Gasteiger partial charge in [-0.3, -0.25) is 9.69 Å². The third-order valence-electron chi connectivity index (χ3n) is 16.3. The predicted molar refractivity (Wildman–Crippen MR) is 273 cm³/mol. The van der Waals surface area contributed by atoms with Crippen molar-refractivity contribution >= 4 is 24.2 Å². The van der Waals surface area contributed by atoms with Crippen LogP contribution in [0.2, 0.25) is 0 Å². The fraction of sp³-hybridized carbons (Fsp3) is 0.893. The molecule has 3 fully saturated rings. The van der Waals surface area contributed by atoms with Crippen LogP contribution in [0.15, 0.2) is 11.6 Å². The normalized spacial score (nSPS) is 27.0. The maximum Gasteiger partial charge on any atom is 0.410 e. The lowest BCUT2D eigenvalue weighted by Gasteiger charge is -2.58. The minimum atomic E-state index is -0.650. The van der Waals surface area contributed by atoms with Crippen molar-refractivity contribution in [1.29, 1.82) is 0 Å². The quantitative estimate of drug-likeness (QED) is 0.0470. The summed E-state index contributed by atoms with van der Waals surface area (Å²) in [7, 11) is 0. The fourth-order valence-corrected chi connectivity index (χ4v) is 12.9. The number of carbonyl (C=O) groups excluding carboxylic acids is 4. The van der Waals surface area contributed by atoms with Gasteiger partial charge in [-0.2, -0.15) is 0 Å². The predicted octanol–water partition coefficient (Wildman–Crippen LogP) is 12.7. The number of fused-ring (bicyclic) bond motifs is 5. The Balaban J connectivity index is 1.34. The van der Waals surface area contributed by atoms with Crippen LogP contribution in [0.4, 0.5) is 14.4 Å². The number of hydrogen-bond donors (Lipinski definition) is 2. The van der Waals surface area contributed by atoms with E-state index in [-0.39, 0.29) is 24.0 Å². The fourth-order valence-electron chi connectivity index (χ4n) is 12.9. The second kappa shape index (κ2) is 24.9. The first-order chi connectivity index (χ1) is 31.6. The second-order valence-electron chi connectivity index (χ2n) is 25.3. The Hall–Kier alpha value is -3.02. The van der Waals surface area contributed by atoms with Crippen LogP contribution < -0.4 is 10.6 Å². The highest BCUT2D eigenvalue weighted by molar-refractivity contribution is 5.72. The number of nitrogens with one attached hydrogen (secondary N) is 2. The van der Waals surface area contributed by atoms with Gasteiger partial charge in [0.15, 0.2) is 0 Å². The van der Waals surface area contributed by atoms with Crippen molar-refractivity contribution in [3.05, 3.63) is 11.6 Å². The smallest absolute Gasteiger partial charge is 0.410 e. The van der Waals surface area contributed by atoms with Crippen molar-refractivity contribution in [2.45, 2.75) is 223 Å². The van der Waals surface area contributed by atoms with E-state index in [2.05, 4.69) is 63.2 Å². The Morgan fingerprint density at radius 2 is 1.29 bits per heavy atom. The van der Waals surface area contributed by atoms with Gasteiger partial charge >= 0.3 is 24.2 Å². The average Bonchev–Trinajstić information content (AvgIpc) is 3.57. The molecule has 0 spiro atoms. The molecule has 12 heteroatoms. The van der Waals surface area contributed by atoms with E-state index in [1.807, 2.05) is 62.3 Å². The van der Waals surface area contributed by atoms with Crippen molar-refractivity contribution in [1.82, 2.24) is 20.4 Å². The number of alkyl carbamates (subject to hydrolysis) is 2. The highest BCUT2D eigenvalue weighted by Crippen LogP contribution is 2.67.